The molecule has 0 spiro atoms. The second-order valence-corrected chi connectivity index (χ2v) is 3.18. The second-order valence-electron chi connectivity index (χ2n) is 3.18. The molecule has 0 unspecified atom stereocenters. The lowest BCUT2D eigenvalue weighted by molar-refractivity contribution is -0.104. The van der Waals surface area contributed by atoms with Gasteiger partial charge in [-0.3, -0.25) is 4.79 Å². The van der Waals surface area contributed by atoms with Crippen LogP contribution in [0.15, 0.2) is 18.2 Å². The molecule has 0 heterocycles. The van der Waals surface area contributed by atoms with E-state index < -0.39 is 0 Å². The van der Waals surface area contributed by atoms with E-state index in [-0.39, 0.29) is 0 Å². The maximum Gasteiger partial charge on any atom is 0.142 e. The van der Waals surface area contributed by atoms with Crippen molar-refractivity contribution in [1.82, 2.24) is 0 Å². The van der Waals surface area contributed by atoms with Gasteiger partial charge in [0.2, 0.25) is 0 Å². The molecule has 0 saturated carbocycles. The molecule has 14 heavy (non-hydrogen) atoms. The molecule has 0 bridgehead atoms. The minimum absolute atomic E-state index is 0.773. The molecule has 2 nitrogen and oxygen atoms in total. The Morgan fingerprint density at radius 2 is 1.79 bits per heavy atom. The summed E-state index contributed by atoms with van der Waals surface area (Å²) in [5.41, 5.74) is 3.18. The number of benzene rings is 1. The highest BCUT2D eigenvalue weighted by molar-refractivity contribution is 5.74. The first-order valence-corrected chi connectivity index (χ1v) is 4.46. The van der Waals surface area contributed by atoms with Crippen molar-refractivity contribution in [3.8, 4) is 5.75 Å². The lowest BCUT2D eigenvalue weighted by Gasteiger charge is -2.09. The van der Waals surface area contributed by atoms with Crippen LogP contribution in [0.4, 0.5) is 0 Å². The van der Waals surface area contributed by atoms with Crippen molar-refractivity contribution in [2.45, 2.75) is 13.8 Å². The highest BCUT2D eigenvalue weighted by Gasteiger charge is 2.02. The molecule has 0 atom stereocenters. The Morgan fingerprint density at radius 3 is 2.21 bits per heavy atom. The van der Waals surface area contributed by atoms with E-state index in [1.165, 1.54) is 6.08 Å². The van der Waals surface area contributed by atoms with Crippen LogP contribution in [0, 0.1) is 13.8 Å². The number of allylic oxidation sites excluding steroid dienone is 1. The van der Waals surface area contributed by atoms with E-state index in [0.717, 1.165) is 28.7 Å². The highest BCUT2D eigenvalue weighted by Crippen LogP contribution is 2.24. The zero-order valence-corrected chi connectivity index (χ0v) is 8.70. The molecule has 0 aliphatic heterocycles. The average Bonchev–Trinajstić information content (AvgIpc) is 2.14. The minimum Gasteiger partial charge on any atom is -0.496 e. The van der Waals surface area contributed by atoms with E-state index in [2.05, 4.69) is 0 Å². The van der Waals surface area contributed by atoms with Gasteiger partial charge in [-0.25, -0.2) is 0 Å². The van der Waals surface area contributed by atoms with E-state index in [1.54, 1.807) is 13.2 Å². The first-order valence-electron chi connectivity index (χ1n) is 4.46. The van der Waals surface area contributed by atoms with Crippen molar-refractivity contribution < 1.29 is 9.53 Å². The van der Waals surface area contributed by atoms with Gasteiger partial charge >= 0.3 is 0 Å². The van der Waals surface area contributed by atoms with Gasteiger partial charge in [-0.05, 0) is 48.7 Å². The van der Waals surface area contributed by atoms with E-state index in [0.29, 0.717) is 0 Å². The summed E-state index contributed by atoms with van der Waals surface area (Å²) >= 11 is 0. The Balaban J connectivity index is 3.13. The largest absolute Gasteiger partial charge is 0.496 e. The standard InChI is InChI=1S/C12H14O2/c1-9-7-11(5-4-6-13)8-10(2)12(9)14-3/h4-8H,1-3H3. The lowest BCUT2D eigenvalue weighted by Crippen LogP contribution is -1.91. The van der Waals surface area contributed by atoms with Gasteiger partial charge in [-0.15, -0.1) is 0 Å². The van der Waals surface area contributed by atoms with Crippen LogP contribution in [0.1, 0.15) is 16.7 Å². The number of ether oxygens (including phenoxy) is 1. The summed E-state index contributed by atoms with van der Waals surface area (Å²) in [6.07, 6.45) is 4.04. The zero-order valence-electron chi connectivity index (χ0n) is 8.70. The average molecular weight is 190 g/mol. The molecule has 0 saturated heterocycles. The summed E-state index contributed by atoms with van der Waals surface area (Å²) in [7, 11) is 1.66. The number of hydrogen-bond donors (Lipinski definition) is 0. The second kappa shape index (κ2) is 4.61. The maximum absolute atomic E-state index is 10.2. The van der Waals surface area contributed by atoms with Gasteiger partial charge in [0, 0.05) is 0 Å². The number of aryl methyl sites for hydroxylation is 2. The molecule has 0 fully saturated rings. The van der Waals surface area contributed by atoms with Crippen LogP contribution in [-0.4, -0.2) is 13.4 Å². The van der Waals surface area contributed by atoms with Crippen molar-refractivity contribution >= 4 is 12.4 Å². The van der Waals surface area contributed by atoms with Gasteiger partial charge in [0.05, 0.1) is 7.11 Å². The molecule has 1 aromatic carbocycles. The van der Waals surface area contributed by atoms with Crippen molar-refractivity contribution in [3.63, 3.8) is 0 Å². The molecule has 0 aliphatic carbocycles. The Hall–Kier alpha value is -1.57. The molecule has 0 aromatic heterocycles. The molecule has 2 heteroatoms. The van der Waals surface area contributed by atoms with Crippen LogP contribution in [0.5, 0.6) is 5.75 Å². The van der Waals surface area contributed by atoms with Gasteiger partial charge in [0.1, 0.15) is 12.0 Å². The van der Waals surface area contributed by atoms with Crippen molar-refractivity contribution in [2.24, 2.45) is 0 Å². The molecule has 0 radical (unpaired) electrons. The quantitative estimate of drug-likeness (QED) is 0.540. The summed E-state index contributed by atoms with van der Waals surface area (Å²) in [6, 6.07) is 3.98. The normalized spacial score (nSPS) is 10.5. The topological polar surface area (TPSA) is 26.3 Å². The number of carbonyl (C=O) groups is 1. The fourth-order valence-electron chi connectivity index (χ4n) is 1.55. The summed E-state index contributed by atoms with van der Waals surface area (Å²) in [4.78, 5) is 10.2. The highest BCUT2D eigenvalue weighted by atomic mass is 16.5. The third kappa shape index (κ3) is 2.22. The van der Waals surface area contributed by atoms with Crippen molar-refractivity contribution in [2.75, 3.05) is 7.11 Å². The molecular weight excluding hydrogens is 176 g/mol. The Bertz CT molecular complexity index is 342. The van der Waals surface area contributed by atoms with Crippen LogP contribution in [0.2, 0.25) is 0 Å². The number of aldehydes is 1. The van der Waals surface area contributed by atoms with Gasteiger partial charge in [0.15, 0.2) is 0 Å². The first-order chi connectivity index (χ1) is 6.69. The molecule has 0 amide bonds. The van der Waals surface area contributed by atoms with E-state index in [9.17, 15) is 4.79 Å². The number of hydrogen-bond acceptors (Lipinski definition) is 2. The van der Waals surface area contributed by atoms with E-state index in [1.807, 2.05) is 26.0 Å². The number of methoxy groups -OCH3 is 1. The molecule has 74 valence electrons. The molecule has 0 N–H and O–H groups in total. The summed E-state index contributed by atoms with van der Waals surface area (Å²) in [6.45, 7) is 3.98. The molecule has 1 aromatic rings. The predicted molar refractivity (Wildman–Crippen MR) is 57.6 cm³/mol. The fourth-order valence-corrected chi connectivity index (χ4v) is 1.55. The Kier molecular flexibility index (Phi) is 3.46. The van der Waals surface area contributed by atoms with Gasteiger partial charge < -0.3 is 4.74 Å². The summed E-state index contributed by atoms with van der Waals surface area (Å²) in [5.74, 6) is 0.910. The molecule has 1 rings (SSSR count). The summed E-state index contributed by atoms with van der Waals surface area (Å²) < 4.78 is 5.24. The number of carbonyl (C=O) groups excluding carboxylic acids is 1. The van der Waals surface area contributed by atoms with Crippen LogP contribution in [-0.2, 0) is 4.79 Å². The monoisotopic (exact) mass is 190 g/mol. The van der Waals surface area contributed by atoms with Gasteiger partial charge in [0.25, 0.3) is 0 Å². The van der Waals surface area contributed by atoms with Crippen molar-refractivity contribution in [3.05, 3.63) is 34.9 Å². The first kappa shape index (κ1) is 10.5. The minimum atomic E-state index is 0.773. The maximum atomic E-state index is 10.2. The predicted octanol–water partition coefficient (Wildman–Crippen LogP) is 2.52. The van der Waals surface area contributed by atoms with Gasteiger partial charge in [-0.1, -0.05) is 6.08 Å². The lowest BCUT2D eigenvalue weighted by atomic mass is 10.1. The van der Waals surface area contributed by atoms with Crippen LogP contribution in [0.25, 0.3) is 6.08 Å². The SMILES string of the molecule is COc1c(C)cc(C=CC=O)cc1C. The smallest absolute Gasteiger partial charge is 0.142 e. The van der Waals surface area contributed by atoms with Crippen molar-refractivity contribution in [1.29, 1.82) is 0 Å². The van der Waals surface area contributed by atoms with Crippen LogP contribution < -0.4 is 4.74 Å². The number of rotatable bonds is 3. The van der Waals surface area contributed by atoms with E-state index >= 15 is 0 Å². The Labute approximate surface area is 84.2 Å². The Morgan fingerprint density at radius 1 is 1.21 bits per heavy atom. The van der Waals surface area contributed by atoms with E-state index in [4.69, 9.17) is 4.74 Å². The van der Waals surface area contributed by atoms with Crippen LogP contribution in [0.3, 0.4) is 0 Å². The fraction of sp³-hybridized carbons (Fsp3) is 0.250. The molecule has 0 aliphatic rings. The van der Waals surface area contributed by atoms with Gasteiger partial charge in [-0.2, -0.15) is 0 Å². The van der Waals surface area contributed by atoms with Crippen LogP contribution >= 0.6 is 0 Å². The molecular formula is C12H14O2. The zero-order chi connectivity index (χ0) is 10.6. The third-order valence-electron chi connectivity index (χ3n) is 2.05. The summed E-state index contributed by atoms with van der Waals surface area (Å²) in [5, 5.41) is 0. The third-order valence-corrected chi connectivity index (χ3v) is 2.05.